The van der Waals surface area contributed by atoms with Gasteiger partial charge >= 0.3 is 0 Å². The van der Waals surface area contributed by atoms with Crippen molar-refractivity contribution in [2.75, 3.05) is 18.4 Å². The average molecular weight is 320 g/mol. The Labute approximate surface area is 142 Å². The summed E-state index contributed by atoms with van der Waals surface area (Å²) < 4.78 is 2.14. The van der Waals surface area contributed by atoms with Crippen LogP contribution >= 0.6 is 0 Å². The van der Waals surface area contributed by atoms with Crippen LogP contribution in [0.1, 0.15) is 35.6 Å². The first-order chi connectivity index (χ1) is 11.8. The van der Waals surface area contributed by atoms with Gasteiger partial charge < -0.3 is 15.0 Å². The summed E-state index contributed by atoms with van der Waals surface area (Å²) in [6.07, 6.45) is 6.53. The van der Waals surface area contributed by atoms with Crippen LogP contribution < -0.4 is 10.6 Å². The van der Waals surface area contributed by atoms with Crippen LogP contribution in [0, 0.1) is 6.92 Å². The number of pyridine rings is 1. The number of nitrogens with one attached hydrogen (secondary N) is 2. The molecule has 1 aliphatic rings. The second kappa shape index (κ2) is 6.65. The zero-order valence-corrected chi connectivity index (χ0v) is 14.1. The van der Waals surface area contributed by atoms with Gasteiger partial charge in [0.25, 0.3) is 0 Å². The van der Waals surface area contributed by atoms with Gasteiger partial charge in [-0.05, 0) is 74.2 Å². The molecule has 0 amide bonds. The van der Waals surface area contributed by atoms with Gasteiger partial charge in [-0.3, -0.25) is 0 Å². The van der Waals surface area contributed by atoms with Crippen molar-refractivity contribution in [1.82, 2.24) is 14.7 Å². The summed E-state index contributed by atoms with van der Waals surface area (Å²) in [5.41, 5.74) is 6.05. The Morgan fingerprint density at radius 2 is 1.96 bits per heavy atom. The van der Waals surface area contributed by atoms with Crippen molar-refractivity contribution in [2.24, 2.45) is 0 Å². The molecule has 1 aliphatic heterocycles. The Bertz CT molecular complexity index is 813. The van der Waals surface area contributed by atoms with Crippen molar-refractivity contribution in [3.63, 3.8) is 0 Å². The number of nitrogens with zero attached hydrogens (tertiary/aromatic N) is 2. The minimum absolute atomic E-state index is 0.710. The number of hydrogen-bond acceptors (Lipinski definition) is 3. The molecule has 2 aromatic heterocycles. The van der Waals surface area contributed by atoms with Crippen LogP contribution in [0.3, 0.4) is 0 Å². The van der Waals surface area contributed by atoms with Crippen LogP contribution in [0.2, 0.25) is 0 Å². The molecule has 4 heteroatoms. The molecule has 1 aromatic carbocycles. The molecule has 0 bridgehead atoms. The third kappa shape index (κ3) is 3.15. The smallest absolute Gasteiger partial charge is 0.137 e. The zero-order valence-electron chi connectivity index (χ0n) is 14.1. The summed E-state index contributed by atoms with van der Waals surface area (Å²) >= 11 is 0. The van der Waals surface area contributed by atoms with Crippen LogP contribution in [0.25, 0.3) is 5.65 Å². The largest absolute Gasteiger partial charge is 0.379 e. The Hall–Kier alpha value is -2.33. The SMILES string of the molecule is Cc1ccn2c(CNc3ccc(C4CCNCC4)cc3)cnc2c1. The lowest BCUT2D eigenvalue weighted by atomic mass is 9.90. The van der Waals surface area contributed by atoms with Gasteiger partial charge in [0.1, 0.15) is 5.65 Å². The summed E-state index contributed by atoms with van der Waals surface area (Å²) in [5, 5.41) is 6.94. The fraction of sp³-hybridized carbons (Fsp3) is 0.350. The lowest BCUT2D eigenvalue weighted by Crippen LogP contribution is -2.26. The first-order valence-electron chi connectivity index (χ1n) is 8.77. The molecule has 2 N–H and O–H groups in total. The third-order valence-corrected chi connectivity index (χ3v) is 4.94. The minimum atomic E-state index is 0.710. The van der Waals surface area contributed by atoms with Crippen LogP contribution in [-0.2, 0) is 6.54 Å². The van der Waals surface area contributed by atoms with Gasteiger partial charge in [0, 0.05) is 11.9 Å². The standard InChI is InChI=1S/C20H24N4/c1-15-8-11-24-19(14-23-20(24)12-15)13-22-18-4-2-16(3-5-18)17-6-9-21-10-7-17/h2-5,8,11-12,14,17,21-22H,6-7,9-10,13H2,1H3. The van der Waals surface area contributed by atoms with Crippen molar-refractivity contribution < 1.29 is 0 Å². The van der Waals surface area contributed by atoms with E-state index in [1.165, 1.54) is 29.7 Å². The molecule has 0 radical (unpaired) electrons. The van der Waals surface area contributed by atoms with Gasteiger partial charge in [-0.25, -0.2) is 4.98 Å². The Morgan fingerprint density at radius 1 is 1.17 bits per heavy atom. The summed E-state index contributed by atoms with van der Waals surface area (Å²) in [4.78, 5) is 4.48. The lowest BCUT2D eigenvalue weighted by Gasteiger charge is -2.23. The van der Waals surface area contributed by atoms with Gasteiger partial charge in [0.05, 0.1) is 18.4 Å². The molecule has 0 unspecified atom stereocenters. The summed E-state index contributed by atoms with van der Waals surface area (Å²) in [6.45, 7) is 5.14. The number of imidazole rings is 1. The molecule has 1 fully saturated rings. The number of piperidine rings is 1. The van der Waals surface area contributed by atoms with Crippen LogP contribution in [-0.4, -0.2) is 22.5 Å². The highest BCUT2D eigenvalue weighted by Gasteiger charge is 2.14. The zero-order chi connectivity index (χ0) is 16.4. The molecule has 0 spiro atoms. The maximum Gasteiger partial charge on any atom is 0.137 e. The van der Waals surface area contributed by atoms with Crippen molar-refractivity contribution >= 4 is 11.3 Å². The first kappa shape index (κ1) is 15.2. The van der Waals surface area contributed by atoms with Crippen LogP contribution in [0.15, 0.2) is 48.8 Å². The van der Waals surface area contributed by atoms with Crippen molar-refractivity contribution in [1.29, 1.82) is 0 Å². The number of aromatic nitrogens is 2. The van der Waals surface area contributed by atoms with Gasteiger partial charge in [0.15, 0.2) is 0 Å². The third-order valence-electron chi connectivity index (χ3n) is 4.94. The Kier molecular flexibility index (Phi) is 4.22. The molecule has 0 saturated carbocycles. The predicted molar refractivity (Wildman–Crippen MR) is 98.5 cm³/mol. The predicted octanol–water partition coefficient (Wildman–Crippen LogP) is 3.72. The summed E-state index contributed by atoms with van der Waals surface area (Å²) in [6, 6.07) is 13.2. The molecule has 124 valence electrons. The molecular weight excluding hydrogens is 296 g/mol. The second-order valence-electron chi connectivity index (χ2n) is 6.68. The van der Waals surface area contributed by atoms with E-state index in [0.717, 1.165) is 31.0 Å². The van der Waals surface area contributed by atoms with E-state index < -0.39 is 0 Å². The maximum absolute atomic E-state index is 4.48. The molecule has 3 heterocycles. The van der Waals surface area contributed by atoms with E-state index in [2.05, 4.69) is 69.5 Å². The number of benzene rings is 1. The molecule has 0 atom stereocenters. The van der Waals surface area contributed by atoms with Gasteiger partial charge in [-0.2, -0.15) is 0 Å². The summed E-state index contributed by atoms with van der Waals surface area (Å²) in [7, 11) is 0. The Balaban J connectivity index is 1.43. The van der Waals surface area contributed by atoms with Crippen molar-refractivity contribution in [3.05, 3.63) is 65.6 Å². The number of aryl methyl sites for hydroxylation is 1. The molecule has 1 saturated heterocycles. The topological polar surface area (TPSA) is 41.4 Å². The van der Waals surface area contributed by atoms with E-state index in [1.54, 1.807) is 0 Å². The van der Waals surface area contributed by atoms with E-state index in [1.807, 2.05) is 6.20 Å². The van der Waals surface area contributed by atoms with Gasteiger partial charge in [-0.15, -0.1) is 0 Å². The molecule has 4 nitrogen and oxygen atoms in total. The lowest BCUT2D eigenvalue weighted by molar-refractivity contribution is 0.460. The molecule has 0 aliphatic carbocycles. The summed E-state index contributed by atoms with van der Waals surface area (Å²) in [5.74, 6) is 0.710. The fourth-order valence-electron chi connectivity index (χ4n) is 3.49. The highest BCUT2D eigenvalue weighted by molar-refractivity contribution is 5.47. The monoisotopic (exact) mass is 320 g/mol. The van der Waals surface area contributed by atoms with E-state index >= 15 is 0 Å². The number of hydrogen-bond donors (Lipinski definition) is 2. The van der Waals surface area contributed by atoms with Gasteiger partial charge in [-0.1, -0.05) is 12.1 Å². The van der Waals surface area contributed by atoms with E-state index in [4.69, 9.17) is 0 Å². The van der Waals surface area contributed by atoms with Crippen LogP contribution in [0.5, 0.6) is 0 Å². The molecule has 24 heavy (non-hydrogen) atoms. The van der Waals surface area contributed by atoms with Crippen molar-refractivity contribution in [2.45, 2.75) is 32.2 Å². The highest BCUT2D eigenvalue weighted by atomic mass is 15.0. The normalized spacial score (nSPS) is 15.7. The molecule has 4 rings (SSSR count). The number of rotatable bonds is 4. The highest BCUT2D eigenvalue weighted by Crippen LogP contribution is 2.26. The molecule has 3 aromatic rings. The average Bonchev–Trinajstić information content (AvgIpc) is 3.03. The fourth-order valence-corrected chi connectivity index (χ4v) is 3.49. The first-order valence-corrected chi connectivity index (χ1v) is 8.77. The van der Waals surface area contributed by atoms with Crippen molar-refractivity contribution in [3.8, 4) is 0 Å². The van der Waals surface area contributed by atoms with Gasteiger partial charge in [0.2, 0.25) is 0 Å². The van der Waals surface area contributed by atoms with E-state index in [-0.39, 0.29) is 0 Å². The second-order valence-corrected chi connectivity index (χ2v) is 6.68. The number of fused-ring (bicyclic) bond motifs is 1. The quantitative estimate of drug-likeness (QED) is 0.770. The van der Waals surface area contributed by atoms with E-state index in [0.29, 0.717) is 5.92 Å². The van der Waals surface area contributed by atoms with E-state index in [9.17, 15) is 0 Å². The Morgan fingerprint density at radius 3 is 2.75 bits per heavy atom. The maximum atomic E-state index is 4.48. The van der Waals surface area contributed by atoms with Crippen LogP contribution in [0.4, 0.5) is 5.69 Å². The minimum Gasteiger partial charge on any atom is -0.379 e. The number of anilines is 1. The molecular formula is C20H24N4.